The summed E-state index contributed by atoms with van der Waals surface area (Å²) in [4.78, 5) is 9.64. The van der Waals surface area contributed by atoms with Crippen molar-refractivity contribution in [2.45, 2.75) is 32.0 Å². The van der Waals surface area contributed by atoms with Crippen LogP contribution in [0.3, 0.4) is 0 Å². The molecule has 28 heavy (non-hydrogen) atoms. The molecule has 1 aliphatic rings. The van der Waals surface area contributed by atoms with Crippen molar-refractivity contribution < 1.29 is 13.2 Å². The lowest BCUT2D eigenvalue weighted by Crippen LogP contribution is -2.40. The lowest BCUT2D eigenvalue weighted by molar-refractivity contribution is -0.136. The van der Waals surface area contributed by atoms with Gasteiger partial charge in [0.15, 0.2) is 0 Å². The topological polar surface area (TPSA) is 69.7 Å². The molecule has 2 N–H and O–H groups in total. The summed E-state index contributed by atoms with van der Waals surface area (Å²) in [7, 11) is 2.08. The minimum atomic E-state index is -4.42. The second kappa shape index (κ2) is 7.05. The van der Waals surface area contributed by atoms with E-state index in [0.29, 0.717) is 28.4 Å². The molecule has 1 fully saturated rings. The molecule has 0 saturated carbocycles. The number of likely N-dealkylation sites (N-methyl/N-ethyl adjacent to an activating group) is 1. The number of alkyl halides is 3. The zero-order valence-corrected chi connectivity index (χ0v) is 15.6. The van der Waals surface area contributed by atoms with E-state index in [1.54, 1.807) is 6.92 Å². The van der Waals surface area contributed by atoms with Crippen LogP contribution in [0.2, 0.25) is 0 Å². The van der Waals surface area contributed by atoms with Crippen LogP contribution < -0.4 is 5.32 Å². The first kappa shape index (κ1) is 18.7. The number of hydrogen-bond acceptors (Lipinski definition) is 5. The molecule has 1 aliphatic heterocycles. The highest BCUT2D eigenvalue weighted by Gasteiger charge is 2.33. The van der Waals surface area contributed by atoms with E-state index in [1.165, 1.54) is 18.3 Å². The Kier molecular flexibility index (Phi) is 4.70. The van der Waals surface area contributed by atoms with Gasteiger partial charge in [0.25, 0.3) is 0 Å². The van der Waals surface area contributed by atoms with Crippen LogP contribution >= 0.6 is 0 Å². The van der Waals surface area contributed by atoms with Crippen LogP contribution in [-0.2, 0) is 6.18 Å². The fraction of sp³-hybridized carbons (Fsp3) is 0.421. The summed E-state index contributed by atoms with van der Waals surface area (Å²) in [5.74, 6) is 0.441. The average Bonchev–Trinajstić information content (AvgIpc) is 3.10. The van der Waals surface area contributed by atoms with Gasteiger partial charge in [0.1, 0.15) is 5.69 Å². The molecule has 1 atom stereocenters. The first-order valence-corrected chi connectivity index (χ1v) is 9.17. The molecule has 3 aromatic rings. The summed E-state index contributed by atoms with van der Waals surface area (Å²) in [6, 6.07) is 4.18. The van der Waals surface area contributed by atoms with E-state index < -0.39 is 11.7 Å². The van der Waals surface area contributed by atoms with Crippen molar-refractivity contribution in [3.8, 4) is 11.3 Å². The molecule has 1 aromatic carbocycles. The number of aryl methyl sites for hydroxylation is 1. The highest BCUT2D eigenvalue weighted by Crippen LogP contribution is 2.38. The predicted molar refractivity (Wildman–Crippen MR) is 101 cm³/mol. The SMILES string of the molecule is Cc1nc(N[C@@H]2CCCN(C)C2)nnc1-c1ccc(C(F)(F)F)c2cc[nH]c12. The zero-order valence-electron chi connectivity index (χ0n) is 15.6. The second-order valence-corrected chi connectivity index (χ2v) is 7.24. The molecule has 0 bridgehead atoms. The Balaban J connectivity index is 1.66. The molecule has 1 saturated heterocycles. The van der Waals surface area contributed by atoms with Crippen molar-refractivity contribution in [2.75, 3.05) is 25.5 Å². The normalized spacial score (nSPS) is 18.5. The van der Waals surface area contributed by atoms with Crippen LogP contribution in [0.15, 0.2) is 24.4 Å². The third-order valence-electron chi connectivity index (χ3n) is 5.10. The van der Waals surface area contributed by atoms with E-state index in [9.17, 15) is 13.2 Å². The summed E-state index contributed by atoms with van der Waals surface area (Å²) in [6.45, 7) is 3.77. The molecule has 3 heterocycles. The van der Waals surface area contributed by atoms with Crippen molar-refractivity contribution in [3.05, 3.63) is 35.7 Å². The molecule has 0 amide bonds. The van der Waals surface area contributed by atoms with Gasteiger partial charge in [-0.15, -0.1) is 10.2 Å². The number of nitrogens with one attached hydrogen (secondary N) is 2. The number of nitrogens with zero attached hydrogens (tertiary/aromatic N) is 4. The predicted octanol–water partition coefficient (Wildman–Crippen LogP) is 3.85. The fourth-order valence-corrected chi connectivity index (χ4v) is 3.78. The standard InChI is InChI=1S/C19H21F3N6/c1-11-16(26-27-18(24-11)25-12-4-3-9-28(2)10-12)14-5-6-15(19(20,21)22)13-7-8-23-17(13)14/h5-8,12,23H,3-4,9-10H2,1-2H3,(H,24,25,27)/t12-/m1/s1. The Hall–Kier alpha value is -2.68. The number of H-pyrrole nitrogens is 1. The highest BCUT2D eigenvalue weighted by molar-refractivity contribution is 5.96. The van der Waals surface area contributed by atoms with Crippen LogP contribution in [0.25, 0.3) is 22.2 Å². The van der Waals surface area contributed by atoms with Gasteiger partial charge in [-0.2, -0.15) is 13.2 Å². The molecule has 6 nitrogen and oxygen atoms in total. The number of piperidine rings is 1. The summed E-state index contributed by atoms with van der Waals surface area (Å²) in [5.41, 5.74) is 1.33. The molecule has 0 radical (unpaired) electrons. The number of hydrogen-bond donors (Lipinski definition) is 2. The van der Waals surface area contributed by atoms with Crippen molar-refractivity contribution in [2.24, 2.45) is 0 Å². The highest BCUT2D eigenvalue weighted by atomic mass is 19.4. The van der Waals surface area contributed by atoms with Crippen molar-refractivity contribution in [1.29, 1.82) is 0 Å². The number of anilines is 1. The van der Waals surface area contributed by atoms with Gasteiger partial charge in [-0.25, -0.2) is 4.98 Å². The third kappa shape index (κ3) is 3.54. The molecule has 9 heteroatoms. The molecule has 2 aromatic heterocycles. The Morgan fingerprint density at radius 2 is 2.04 bits per heavy atom. The number of aromatic nitrogens is 4. The summed E-state index contributed by atoms with van der Waals surface area (Å²) < 4.78 is 39.7. The minimum Gasteiger partial charge on any atom is -0.361 e. The van der Waals surface area contributed by atoms with Crippen LogP contribution in [0.5, 0.6) is 0 Å². The van der Waals surface area contributed by atoms with Crippen LogP contribution in [-0.4, -0.2) is 51.2 Å². The van der Waals surface area contributed by atoms with Gasteiger partial charge >= 0.3 is 6.18 Å². The summed E-state index contributed by atoms with van der Waals surface area (Å²) >= 11 is 0. The quantitative estimate of drug-likeness (QED) is 0.711. The van der Waals surface area contributed by atoms with Crippen molar-refractivity contribution in [1.82, 2.24) is 25.1 Å². The van der Waals surface area contributed by atoms with Gasteiger partial charge < -0.3 is 15.2 Å². The number of fused-ring (bicyclic) bond motifs is 1. The smallest absolute Gasteiger partial charge is 0.361 e. The Bertz CT molecular complexity index is 997. The Morgan fingerprint density at radius 1 is 1.21 bits per heavy atom. The Labute approximate surface area is 160 Å². The van der Waals surface area contributed by atoms with Crippen LogP contribution in [0, 0.1) is 6.92 Å². The maximum Gasteiger partial charge on any atom is 0.417 e. The number of halogens is 3. The monoisotopic (exact) mass is 390 g/mol. The first-order valence-electron chi connectivity index (χ1n) is 9.17. The largest absolute Gasteiger partial charge is 0.417 e. The number of rotatable bonds is 3. The number of benzene rings is 1. The van der Waals surface area contributed by atoms with Gasteiger partial charge in [0.05, 0.1) is 16.8 Å². The second-order valence-electron chi connectivity index (χ2n) is 7.24. The van der Waals surface area contributed by atoms with Gasteiger partial charge in [0.2, 0.25) is 5.95 Å². The molecule has 4 rings (SSSR count). The maximum absolute atomic E-state index is 13.2. The van der Waals surface area contributed by atoms with Gasteiger partial charge in [-0.05, 0) is 51.6 Å². The molecular formula is C19H21F3N6. The summed E-state index contributed by atoms with van der Waals surface area (Å²) in [5, 5.41) is 11.9. The minimum absolute atomic E-state index is 0.110. The van der Waals surface area contributed by atoms with E-state index in [0.717, 1.165) is 32.0 Å². The third-order valence-corrected chi connectivity index (χ3v) is 5.10. The lowest BCUT2D eigenvalue weighted by Gasteiger charge is -2.30. The van der Waals surface area contributed by atoms with E-state index in [4.69, 9.17) is 0 Å². The lowest BCUT2D eigenvalue weighted by atomic mass is 10.0. The number of aromatic amines is 1. The van der Waals surface area contributed by atoms with Gasteiger partial charge in [-0.1, -0.05) is 0 Å². The van der Waals surface area contributed by atoms with Crippen molar-refractivity contribution in [3.63, 3.8) is 0 Å². The zero-order chi connectivity index (χ0) is 19.9. The molecule has 148 valence electrons. The van der Waals surface area contributed by atoms with Gasteiger partial charge in [0, 0.05) is 29.7 Å². The average molecular weight is 390 g/mol. The van der Waals surface area contributed by atoms with Crippen molar-refractivity contribution >= 4 is 16.9 Å². The van der Waals surface area contributed by atoms with E-state index in [2.05, 4.69) is 37.4 Å². The molecule has 0 aliphatic carbocycles. The summed E-state index contributed by atoms with van der Waals surface area (Å²) in [6.07, 6.45) is -0.778. The molecule has 0 spiro atoms. The fourth-order valence-electron chi connectivity index (χ4n) is 3.78. The van der Waals surface area contributed by atoms with Gasteiger partial charge in [-0.3, -0.25) is 0 Å². The van der Waals surface area contributed by atoms with Crippen LogP contribution in [0.4, 0.5) is 19.1 Å². The van der Waals surface area contributed by atoms with E-state index >= 15 is 0 Å². The maximum atomic E-state index is 13.2. The van der Waals surface area contributed by atoms with Crippen LogP contribution in [0.1, 0.15) is 24.1 Å². The Morgan fingerprint density at radius 3 is 2.75 bits per heavy atom. The van der Waals surface area contributed by atoms with E-state index in [-0.39, 0.29) is 11.4 Å². The first-order chi connectivity index (χ1) is 13.3. The molecular weight excluding hydrogens is 369 g/mol. The molecule has 0 unspecified atom stereocenters. The number of likely N-dealkylation sites (tertiary alicyclic amines) is 1. The van der Waals surface area contributed by atoms with E-state index in [1.807, 2.05) is 0 Å².